The zero-order valence-electron chi connectivity index (χ0n) is 9.68. The van der Waals surface area contributed by atoms with Gasteiger partial charge in [-0.15, -0.1) is 0 Å². The van der Waals surface area contributed by atoms with E-state index < -0.39 is 6.43 Å². The fourth-order valence-electron chi connectivity index (χ4n) is 1.64. The maximum absolute atomic E-state index is 12.4. The predicted molar refractivity (Wildman–Crippen MR) is 62.9 cm³/mol. The molecule has 16 heavy (non-hydrogen) atoms. The highest BCUT2D eigenvalue weighted by Gasteiger charge is 2.06. The second-order valence-electron chi connectivity index (χ2n) is 3.86. The first kappa shape index (κ1) is 13.1. The lowest BCUT2D eigenvalue weighted by Gasteiger charge is -2.05. The fourth-order valence-corrected chi connectivity index (χ4v) is 1.64. The number of unbranched alkanes of at least 4 members (excludes halogenated alkanes) is 1. The largest absolute Gasteiger partial charge is 0.317 e. The molecule has 0 spiro atoms. The van der Waals surface area contributed by atoms with E-state index in [1.165, 1.54) is 6.07 Å². The molecule has 0 unspecified atom stereocenters. The highest BCUT2D eigenvalue weighted by atomic mass is 19.3. The molecule has 0 aliphatic heterocycles. The molecule has 0 aliphatic carbocycles. The summed E-state index contributed by atoms with van der Waals surface area (Å²) >= 11 is 0. The van der Waals surface area contributed by atoms with Gasteiger partial charge in [0.25, 0.3) is 6.43 Å². The van der Waals surface area contributed by atoms with Gasteiger partial charge in [-0.2, -0.15) is 0 Å². The molecule has 0 bridgehead atoms. The Hall–Kier alpha value is -0.960. The van der Waals surface area contributed by atoms with Gasteiger partial charge in [-0.05, 0) is 37.9 Å². The van der Waals surface area contributed by atoms with E-state index in [2.05, 4.69) is 12.2 Å². The van der Waals surface area contributed by atoms with E-state index in [1.807, 2.05) is 6.07 Å². The minimum atomic E-state index is -2.36. The van der Waals surface area contributed by atoms with Crippen molar-refractivity contribution >= 4 is 0 Å². The van der Waals surface area contributed by atoms with Crippen molar-refractivity contribution in [3.05, 3.63) is 35.4 Å². The van der Waals surface area contributed by atoms with Crippen molar-refractivity contribution in [2.75, 3.05) is 13.1 Å². The number of alkyl halides is 2. The minimum absolute atomic E-state index is 0.129. The first-order valence-corrected chi connectivity index (χ1v) is 5.81. The zero-order valence-corrected chi connectivity index (χ0v) is 9.68. The Morgan fingerprint density at radius 2 is 2.06 bits per heavy atom. The zero-order chi connectivity index (χ0) is 11.8. The monoisotopic (exact) mass is 227 g/mol. The summed E-state index contributed by atoms with van der Waals surface area (Å²) < 4.78 is 24.9. The summed E-state index contributed by atoms with van der Waals surface area (Å²) in [6.45, 7) is 4.07. The van der Waals surface area contributed by atoms with Gasteiger partial charge in [-0.25, -0.2) is 8.78 Å². The van der Waals surface area contributed by atoms with Crippen molar-refractivity contribution in [1.82, 2.24) is 5.32 Å². The van der Waals surface area contributed by atoms with E-state index in [1.54, 1.807) is 12.1 Å². The van der Waals surface area contributed by atoms with Crippen LogP contribution in [0.2, 0.25) is 0 Å². The van der Waals surface area contributed by atoms with Crippen LogP contribution in [0.1, 0.15) is 37.3 Å². The number of benzene rings is 1. The van der Waals surface area contributed by atoms with E-state index in [0.717, 1.165) is 37.9 Å². The van der Waals surface area contributed by atoms with E-state index in [9.17, 15) is 8.78 Å². The molecule has 1 aromatic carbocycles. The third kappa shape index (κ3) is 4.71. The minimum Gasteiger partial charge on any atom is -0.317 e. The average Bonchev–Trinajstić information content (AvgIpc) is 2.29. The van der Waals surface area contributed by atoms with Crippen LogP contribution in [-0.2, 0) is 6.42 Å². The molecule has 0 aromatic heterocycles. The van der Waals surface area contributed by atoms with Gasteiger partial charge in [-0.3, -0.25) is 0 Å². The van der Waals surface area contributed by atoms with E-state index in [0.29, 0.717) is 0 Å². The Labute approximate surface area is 95.9 Å². The molecule has 1 rings (SSSR count). The summed E-state index contributed by atoms with van der Waals surface area (Å²) in [7, 11) is 0. The van der Waals surface area contributed by atoms with Crippen LogP contribution in [0.15, 0.2) is 24.3 Å². The topological polar surface area (TPSA) is 12.0 Å². The van der Waals surface area contributed by atoms with Crippen LogP contribution in [0.4, 0.5) is 8.78 Å². The Kier molecular flexibility index (Phi) is 6.01. The number of hydrogen-bond acceptors (Lipinski definition) is 1. The molecular weight excluding hydrogens is 208 g/mol. The fraction of sp³-hybridized carbons (Fsp3) is 0.538. The van der Waals surface area contributed by atoms with Gasteiger partial charge in [0, 0.05) is 5.56 Å². The van der Waals surface area contributed by atoms with Crippen molar-refractivity contribution < 1.29 is 8.78 Å². The molecule has 1 nitrogen and oxygen atoms in total. The number of hydrogen-bond donors (Lipinski definition) is 1. The number of halogens is 2. The second-order valence-corrected chi connectivity index (χ2v) is 3.86. The van der Waals surface area contributed by atoms with Crippen LogP contribution in [-0.4, -0.2) is 13.1 Å². The van der Waals surface area contributed by atoms with Crippen molar-refractivity contribution in [3.8, 4) is 0 Å². The lowest BCUT2D eigenvalue weighted by molar-refractivity contribution is 0.151. The standard InChI is InChI=1S/C13H19F2N/c1-2-16-9-4-3-6-11-7-5-8-12(10-11)13(14)15/h5,7-8,10,13,16H,2-4,6,9H2,1H3. The maximum atomic E-state index is 12.4. The molecule has 1 N–H and O–H groups in total. The van der Waals surface area contributed by atoms with Gasteiger partial charge in [0.05, 0.1) is 0 Å². The average molecular weight is 227 g/mol. The molecule has 0 saturated carbocycles. The lowest BCUT2D eigenvalue weighted by Crippen LogP contribution is -2.13. The van der Waals surface area contributed by atoms with Gasteiger partial charge in [0.1, 0.15) is 0 Å². The van der Waals surface area contributed by atoms with Gasteiger partial charge in [0.15, 0.2) is 0 Å². The van der Waals surface area contributed by atoms with Crippen LogP contribution in [0.3, 0.4) is 0 Å². The van der Waals surface area contributed by atoms with Gasteiger partial charge < -0.3 is 5.32 Å². The summed E-state index contributed by atoms with van der Waals surface area (Å²) in [5, 5.41) is 3.24. The third-order valence-electron chi connectivity index (χ3n) is 2.52. The van der Waals surface area contributed by atoms with E-state index in [-0.39, 0.29) is 5.56 Å². The molecule has 90 valence electrons. The van der Waals surface area contributed by atoms with E-state index in [4.69, 9.17) is 0 Å². The van der Waals surface area contributed by atoms with E-state index >= 15 is 0 Å². The van der Waals surface area contributed by atoms with Gasteiger partial charge >= 0.3 is 0 Å². The molecule has 0 fully saturated rings. The van der Waals surface area contributed by atoms with Gasteiger partial charge in [-0.1, -0.05) is 31.2 Å². The highest BCUT2D eigenvalue weighted by Crippen LogP contribution is 2.20. The smallest absolute Gasteiger partial charge is 0.263 e. The Morgan fingerprint density at radius 1 is 1.25 bits per heavy atom. The SMILES string of the molecule is CCNCCCCc1cccc(C(F)F)c1. The number of nitrogens with one attached hydrogen (secondary N) is 1. The Bertz CT molecular complexity index is 300. The summed E-state index contributed by atoms with van der Waals surface area (Å²) in [6.07, 6.45) is 0.653. The number of aryl methyl sites for hydroxylation is 1. The lowest BCUT2D eigenvalue weighted by atomic mass is 10.1. The highest BCUT2D eigenvalue weighted by molar-refractivity contribution is 5.24. The molecule has 0 amide bonds. The van der Waals surface area contributed by atoms with Gasteiger partial charge in [0.2, 0.25) is 0 Å². The van der Waals surface area contributed by atoms with Crippen LogP contribution in [0.5, 0.6) is 0 Å². The molecule has 0 saturated heterocycles. The molecule has 0 aliphatic rings. The maximum Gasteiger partial charge on any atom is 0.263 e. The van der Waals surface area contributed by atoms with Crippen LogP contribution < -0.4 is 5.32 Å². The van der Waals surface area contributed by atoms with Crippen LogP contribution in [0, 0.1) is 0 Å². The van der Waals surface area contributed by atoms with Crippen molar-refractivity contribution in [2.45, 2.75) is 32.6 Å². The summed E-state index contributed by atoms with van der Waals surface area (Å²) in [5.41, 5.74) is 1.14. The normalized spacial score (nSPS) is 11.0. The van der Waals surface area contributed by atoms with Crippen molar-refractivity contribution in [3.63, 3.8) is 0 Å². The summed E-state index contributed by atoms with van der Waals surface area (Å²) in [5.74, 6) is 0. The van der Waals surface area contributed by atoms with Crippen LogP contribution in [0.25, 0.3) is 0 Å². The second kappa shape index (κ2) is 7.34. The van der Waals surface area contributed by atoms with Crippen molar-refractivity contribution in [2.24, 2.45) is 0 Å². The Balaban J connectivity index is 2.33. The van der Waals surface area contributed by atoms with Crippen LogP contribution >= 0.6 is 0 Å². The molecule has 0 atom stereocenters. The molecule has 0 radical (unpaired) electrons. The first-order chi connectivity index (χ1) is 7.74. The summed E-state index contributed by atoms with van der Waals surface area (Å²) in [4.78, 5) is 0. The molecule has 1 aromatic rings. The van der Waals surface area contributed by atoms with Crippen molar-refractivity contribution in [1.29, 1.82) is 0 Å². The molecule has 3 heteroatoms. The molecule has 0 heterocycles. The number of rotatable bonds is 7. The quantitative estimate of drug-likeness (QED) is 0.702. The first-order valence-electron chi connectivity index (χ1n) is 5.81. The summed E-state index contributed by atoms with van der Waals surface area (Å²) in [6, 6.07) is 6.71. The third-order valence-corrected chi connectivity index (χ3v) is 2.52. The molecular formula is C13H19F2N. The Morgan fingerprint density at radius 3 is 2.75 bits per heavy atom. The predicted octanol–water partition coefficient (Wildman–Crippen LogP) is 3.56.